The van der Waals surface area contributed by atoms with Gasteiger partial charge in [-0.1, -0.05) is 18.2 Å². The molecule has 2 rings (SSSR count). The Kier molecular flexibility index (Phi) is 6.63. The minimum absolute atomic E-state index is 0.0311. The lowest BCUT2D eigenvalue weighted by molar-refractivity contribution is -0.137. The maximum atomic E-state index is 12.8. The van der Waals surface area contributed by atoms with E-state index in [1.165, 1.54) is 12.1 Å². The number of carbonyl (C=O) groups is 1. The van der Waals surface area contributed by atoms with Crippen LogP contribution in [-0.2, 0) is 15.7 Å². The minimum atomic E-state index is -4.44. The first kappa shape index (κ1) is 19.8. The van der Waals surface area contributed by atoms with Crippen LogP contribution in [0.4, 0.5) is 24.5 Å². The maximum Gasteiger partial charge on any atom is 0.416 e. The molecule has 0 aromatic heterocycles. The second-order valence-electron chi connectivity index (χ2n) is 5.80. The van der Waals surface area contributed by atoms with Crippen molar-refractivity contribution in [3.05, 3.63) is 59.7 Å². The molecule has 0 atom stereocenters. The highest BCUT2D eigenvalue weighted by molar-refractivity contribution is 5.96. The Morgan fingerprint density at radius 2 is 1.81 bits per heavy atom. The zero-order valence-electron chi connectivity index (χ0n) is 14.5. The average molecular weight is 367 g/mol. The van der Waals surface area contributed by atoms with Gasteiger partial charge in [0.25, 0.3) is 0 Å². The fraction of sp³-hybridized carbons (Fsp3) is 0.316. The zero-order valence-corrected chi connectivity index (χ0v) is 14.5. The van der Waals surface area contributed by atoms with Crippen molar-refractivity contribution in [3.63, 3.8) is 0 Å². The summed E-state index contributed by atoms with van der Waals surface area (Å²) in [6, 6.07) is 11.2. The molecule has 4 nitrogen and oxygen atoms in total. The third-order valence-corrected chi connectivity index (χ3v) is 3.38. The van der Waals surface area contributed by atoms with E-state index in [0.717, 1.165) is 12.1 Å². The second-order valence-corrected chi connectivity index (χ2v) is 5.80. The standard InChI is InChI=1S/C19H20F3NO3/c1-13(2)25-10-11-26-18(24)16-8-3-4-9-17(16)23-15-7-5-6-14(12-15)19(20,21)22/h3-9,12-13,23H,10-11H2,1-2H3. The molecule has 140 valence electrons. The van der Waals surface area contributed by atoms with Gasteiger partial charge in [-0.2, -0.15) is 13.2 Å². The van der Waals surface area contributed by atoms with Crippen molar-refractivity contribution >= 4 is 17.3 Å². The number of carbonyl (C=O) groups excluding carboxylic acids is 1. The van der Waals surface area contributed by atoms with Gasteiger partial charge in [-0.25, -0.2) is 4.79 Å². The quantitative estimate of drug-likeness (QED) is 0.551. The van der Waals surface area contributed by atoms with Crippen molar-refractivity contribution in [1.29, 1.82) is 0 Å². The van der Waals surface area contributed by atoms with Crippen LogP contribution in [0.15, 0.2) is 48.5 Å². The van der Waals surface area contributed by atoms with Gasteiger partial charge >= 0.3 is 12.1 Å². The molecule has 0 aliphatic carbocycles. The summed E-state index contributed by atoms with van der Waals surface area (Å²) in [5.74, 6) is -0.576. The summed E-state index contributed by atoms with van der Waals surface area (Å²) in [6.07, 6.45) is -4.41. The molecule has 0 unspecified atom stereocenters. The van der Waals surface area contributed by atoms with Gasteiger partial charge in [-0.05, 0) is 44.2 Å². The number of benzene rings is 2. The highest BCUT2D eigenvalue weighted by Gasteiger charge is 2.30. The number of halogens is 3. The molecule has 0 bridgehead atoms. The van der Waals surface area contributed by atoms with E-state index in [0.29, 0.717) is 5.69 Å². The summed E-state index contributed by atoms with van der Waals surface area (Å²) in [4.78, 5) is 12.2. The van der Waals surface area contributed by atoms with Crippen LogP contribution in [0.5, 0.6) is 0 Å². The van der Waals surface area contributed by atoms with Crippen molar-refractivity contribution in [2.24, 2.45) is 0 Å². The molecule has 0 saturated carbocycles. The number of ether oxygens (including phenoxy) is 2. The summed E-state index contributed by atoms with van der Waals surface area (Å²) in [5, 5.41) is 2.84. The molecule has 0 aliphatic rings. The van der Waals surface area contributed by atoms with Gasteiger partial charge in [0.05, 0.1) is 29.5 Å². The van der Waals surface area contributed by atoms with Gasteiger partial charge in [-0.15, -0.1) is 0 Å². The Balaban J connectivity index is 2.10. The van der Waals surface area contributed by atoms with Gasteiger partial charge in [-0.3, -0.25) is 0 Å². The van der Waals surface area contributed by atoms with E-state index >= 15 is 0 Å². The molecule has 26 heavy (non-hydrogen) atoms. The Morgan fingerprint density at radius 3 is 2.50 bits per heavy atom. The third kappa shape index (κ3) is 5.77. The smallest absolute Gasteiger partial charge is 0.416 e. The summed E-state index contributed by atoms with van der Waals surface area (Å²) in [5.41, 5.74) is 0.0488. The number of alkyl halides is 3. The van der Waals surface area contributed by atoms with Crippen molar-refractivity contribution in [2.45, 2.75) is 26.1 Å². The molecule has 0 amide bonds. The van der Waals surface area contributed by atoms with Gasteiger partial charge in [0.15, 0.2) is 0 Å². The van der Waals surface area contributed by atoms with Crippen LogP contribution >= 0.6 is 0 Å². The number of rotatable bonds is 7. The Morgan fingerprint density at radius 1 is 1.08 bits per heavy atom. The number of para-hydroxylation sites is 1. The van der Waals surface area contributed by atoms with Gasteiger partial charge in [0, 0.05) is 5.69 Å². The zero-order chi connectivity index (χ0) is 19.2. The van der Waals surface area contributed by atoms with Crippen LogP contribution in [0.1, 0.15) is 29.8 Å². The number of hydrogen-bond acceptors (Lipinski definition) is 4. The maximum absolute atomic E-state index is 12.8. The molecular formula is C19H20F3NO3. The summed E-state index contributed by atoms with van der Waals surface area (Å²) in [7, 11) is 0. The first-order chi connectivity index (χ1) is 12.3. The molecule has 2 aromatic carbocycles. The molecule has 0 heterocycles. The van der Waals surface area contributed by atoms with Crippen LogP contribution in [-0.4, -0.2) is 25.3 Å². The number of hydrogen-bond donors (Lipinski definition) is 1. The second kappa shape index (κ2) is 8.71. The van der Waals surface area contributed by atoms with Crippen molar-refractivity contribution in [2.75, 3.05) is 18.5 Å². The average Bonchev–Trinajstić information content (AvgIpc) is 2.58. The summed E-state index contributed by atoms with van der Waals surface area (Å²) in [6.45, 7) is 4.10. The summed E-state index contributed by atoms with van der Waals surface area (Å²) < 4.78 is 48.9. The molecule has 0 fully saturated rings. The lowest BCUT2D eigenvalue weighted by atomic mass is 10.1. The topological polar surface area (TPSA) is 47.6 Å². The van der Waals surface area contributed by atoms with Crippen molar-refractivity contribution in [1.82, 2.24) is 0 Å². The van der Waals surface area contributed by atoms with Crippen molar-refractivity contribution in [3.8, 4) is 0 Å². The molecule has 2 aromatic rings. The molecular weight excluding hydrogens is 347 g/mol. The molecule has 0 saturated heterocycles. The molecule has 0 aliphatic heterocycles. The van der Waals surface area contributed by atoms with Crippen LogP contribution in [0.25, 0.3) is 0 Å². The van der Waals surface area contributed by atoms with E-state index in [1.54, 1.807) is 24.3 Å². The number of nitrogens with one attached hydrogen (secondary N) is 1. The predicted molar refractivity (Wildman–Crippen MR) is 92.5 cm³/mol. The lowest BCUT2D eigenvalue weighted by Gasteiger charge is -2.14. The molecule has 7 heteroatoms. The van der Waals surface area contributed by atoms with E-state index < -0.39 is 17.7 Å². The summed E-state index contributed by atoms with van der Waals surface area (Å²) >= 11 is 0. The first-order valence-electron chi connectivity index (χ1n) is 8.09. The third-order valence-electron chi connectivity index (χ3n) is 3.38. The van der Waals surface area contributed by atoms with Gasteiger partial charge < -0.3 is 14.8 Å². The van der Waals surface area contributed by atoms with Gasteiger partial charge in [0.1, 0.15) is 6.61 Å². The molecule has 1 N–H and O–H groups in total. The largest absolute Gasteiger partial charge is 0.460 e. The Hall–Kier alpha value is -2.54. The van der Waals surface area contributed by atoms with Crippen molar-refractivity contribution < 1.29 is 27.4 Å². The monoisotopic (exact) mass is 367 g/mol. The number of esters is 1. The molecule has 0 radical (unpaired) electrons. The fourth-order valence-corrected chi connectivity index (χ4v) is 2.19. The SMILES string of the molecule is CC(C)OCCOC(=O)c1ccccc1Nc1cccc(C(F)(F)F)c1. The highest BCUT2D eigenvalue weighted by Crippen LogP contribution is 2.31. The van der Waals surface area contributed by atoms with E-state index in [-0.39, 0.29) is 30.6 Å². The van der Waals surface area contributed by atoms with Crippen LogP contribution in [0.2, 0.25) is 0 Å². The van der Waals surface area contributed by atoms with E-state index in [9.17, 15) is 18.0 Å². The predicted octanol–water partition coefficient (Wildman–Crippen LogP) is 5.03. The first-order valence-corrected chi connectivity index (χ1v) is 8.09. The Bertz CT molecular complexity index is 745. The minimum Gasteiger partial charge on any atom is -0.460 e. The molecule has 0 spiro atoms. The fourth-order valence-electron chi connectivity index (χ4n) is 2.19. The van der Waals surface area contributed by atoms with E-state index in [4.69, 9.17) is 9.47 Å². The lowest BCUT2D eigenvalue weighted by Crippen LogP contribution is -2.14. The van der Waals surface area contributed by atoms with Crippen LogP contribution in [0.3, 0.4) is 0 Å². The highest BCUT2D eigenvalue weighted by atomic mass is 19.4. The van der Waals surface area contributed by atoms with E-state index in [2.05, 4.69) is 5.32 Å². The van der Waals surface area contributed by atoms with Crippen LogP contribution in [0, 0.1) is 0 Å². The van der Waals surface area contributed by atoms with E-state index in [1.807, 2.05) is 13.8 Å². The van der Waals surface area contributed by atoms with Crippen LogP contribution < -0.4 is 5.32 Å². The number of anilines is 2. The Labute approximate surface area is 149 Å². The van der Waals surface area contributed by atoms with Gasteiger partial charge in [0.2, 0.25) is 0 Å². The normalized spacial score (nSPS) is 11.5.